The minimum absolute atomic E-state index is 0.102. The Morgan fingerprint density at radius 1 is 0.889 bits per heavy atom. The molecule has 6 nitrogen and oxygen atoms in total. The maximum absolute atomic E-state index is 13.3. The van der Waals surface area contributed by atoms with Gasteiger partial charge < -0.3 is 20.5 Å². The maximum atomic E-state index is 13.3. The van der Waals surface area contributed by atoms with Crippen molar-refractivity contribution < 1.29 is 19.4 Å². The van der Waals surface area contributed by atoms with Crippen molar-refractivity contribution in [2.24, 2.45) is 0 Å². The molecular formula is C30H36N2O4. The van der Waals surface area contributed by atoms with Gasteiger partial charge >= 0.3 is 6.09 Å². The van der Waals surface area contributed by atoms with Gasteiger partial charge in [0.2, 0.25) is 0 Å². The van der Waals surface area contributed by atoms with Crippen molar-refractivity contribution in [1.82, 2.24) is 10.6 Å². The highest BCUT2D eigenvalue weighted by Gasteiger charge is 2.30. The molecule has 2 unspecified atom stereocenters. The maximum Gasteiger partial charge on any atom is 0.408 e. The van der Waals surface area contributed by atoms with Crippen molar-refractivity contribution in [3.05, 3.63) is 107 Å². The van der Waals surface area contributed by atoms with Crippen LogP contribution in [0.3, 0.4) is 0 Å². The Kier molecular flexibility index (Phi) is 9.25. The van der Waals surface area contributed by atoms with E-state index in [1.165, 1.54) is 0 Å². The number of aliphatic hydroxyl groups is 1. The van der Waals surface area contributed by atoms with Crippen LogP contribution < -0.4 is 10.6 Å². The number of alkyl carbamates (subject to hydrolysis) is 1. The first kappa shape index (κ1) is 27.0. The number of benzene rings is 3. The van der Waals surface area contributed by atoms with Crippen LogP contribution in [-0.2, 0) is 17.8 Å². The van der Waals surface area contributed by atoms with Crippen LogP contribution in [0, 0.1) is 6.92 Å². The summed E-state index contributed by atoms with van der Waals surface area (Å²) in [6, 6.07) is 23.8. The van der Waals surface area contributed by atoms with Gasteiger partial charge in [-0.05, 0) is 62.8 Å². The van der Waals surface area contributed by atoms with E-state index in [1.54, 1.807) is 6.07 Å². The highest BCUT2D eigenvalue weighted by atomic mass is 16.5. The Hall–Kier alpha value is -3.64. The van der Waals surface area contributed by atoms with Crippen LogP contribution in [0.5, 0.6) is 0 Å². The second-order valence-electron chi connectivity index (χ2n) is 10.0. The number of aryl methyl sites for hydroxylation is 2. The monoisotopic (exact) mass is 488 g/mol. The molecule has 2 atom stereocenters. The summed E-state index contributed by atoms with van der Waals surface area (Å²) in [5, 5.41) is 17.1. The zero-order valence-corrected chi connectivity index (χ0v) is 21.5. The van der Waals surface area contributed by atoms with E-state index in [0.29, 0.717) is 24.0 Å². The lowest BCUT2D eigenvalue weighted by molar-refractivity contribution is 0.0891. The summed E-state index contributed by atoms with van der Waals surface area (Å²) < 4.78 is 5.44. The summed E-state index contributed by atoms with van der Waals surface area (Å²) in [6.45, 7) is 7.68. The number of hydrogen-bond acceptors (Lipinski definition) is 4. The fourth-order valence-corrected chi connectivity index (χ4v) is 4.06. The molecule has 0 aliphatic carbocycles. The summed E-state index contributed by atoms with van der Waals surface area (Å²) in [6.07, 6.45) is -0.597. The molecule has 0 saturated heterocycles. The minimum atomic E-state index is -0.947. The summed E-state index contributed by atoms with van der Waals surface area (Å²) >= 11 is 0. The smallest absolute Gasteiger partial charge is 0.408 e. The number of rotatable bonds is 9. The van der Waals surface area contributed by atoms with E-state index in [9.17, 15) is 14.7 Å². The third kappa shape index (κ3) is 7.95. The molecule has 3 aromatic rings. The number of aliphatic hydroxyl groups excluding tert-OH is 1. The largest absolute Gasteiger partial charge is 0.445 e. The Morgan fingerprint density at radius 3 is 2.11 bits per heavy atom. The predicted molar refractivity (Wildman–Crippen MR) is 142 cm³/mol. The van der Waals surface area contributed by atoms with Gasteiger partial charge in [0, 0.05) is 11.1 Å². The summed E-state index contributed by atoms with van der Waals surface area (Å²) in [5.41, 5.74) is 3.24. The van der Waals surface area contributed by atoms with Crippen LogP contribution in [0.4, 0.5) is 4.79 Å². The van der Waals surface area contributed by atoms with Crippen molar-refractivity contribution >= 4 is 12.0 Å². The zero-order chi connectivity index (χ0) is 26.1. The summed E-state index contributed by atoms with van der Waals surface area (Å²) in [5.74, 6) is -0.254. The normalized spacial score (nSPS) is 12.9. The van der Waals surface area contributed by atoms with E-state index in [2.05, 4.69) is 10.6 Å². The van der Waals surface area contributed by atoms with E-state index in [-0.39, 0.29) is 12.5 Å². The quantitative estimate of drug-likeness (QED) is 0.372. The molecule has 3 rings (SSSR count). The Labute approximate surface area is 213 Å². The van der Waals surface area contributed by atoms with Crippen LogP contribution in [0.15, 0.2) is 78.9 Å². The standard InChI is InChI=1S/C30H36N2O4/c1-21-12-11-17-24(26(21)28(34)32-30(2,3)4)27(25(33)19-18-22-13-7-5-8-14-22)31-29(35)36-20-23-15-9-6-10-16-23/h5-17,25,27,33H,18-20H2,1-4H3,(H,31,35)(H,32,34). The second-order valence-corrected chi connectivity index (χ2v) is 10.0. The lowest BCUT2D eigenvalue weighted by atomic mass is 9.90. The number of amides is 2. The van der Waals surface area contributed by atoms with Gasteiger partial charge in [0.15, 0.2) is 0 Å². The fraction of sp³-hybridized carbons (Fsp3) is 0.333. The van der Waals surface area contributed by atoms with Crippen LogP contribution in [0.1, 0.15) is 65.8 Å². The Morgan fingerprint density at radius 2 is 1.50 bits per heavy atom. The number of nitrogens with one attached hydrogen (secondary N) is 2. The van der Waals surface area contributed by atoms with Gasteiger partial charge in [-0.25, -0.2) is 4.79 Å². The van der Waals surface area contributed by atoms with Gasteiger partial charge in [-0.1, -0.05) is 78.9 Å². The van der Waals surface area contributed by atoms with Gasteiger partial charge in [-0.15, -0.1) is 0 Å². The molecular weight excluding hydrogens is 452 g/mol. The van der Waals surface area contributed by atoms with E-state index in [1.807, 2.05) is 100 Å². The van der Waals surface area contributed by atoms with E-state index >= 15 is 0 Å². The molecule has 0 saturated carbocycles. The average Bonchev–Trinajstić information content (AvgIpc) is 2.84. The SMILES string of the molecule is Cc1cccc(C(NC(=O)OCc2ccccc2)C(O)CCc2ccccc2)c1C(=O)NC(C)(C)C. The lowest BCUT2D eigenvalue weighted by Crippen LogP contribution is -2.43. The van der Waals surface area contributed by atoms with Crippen LogP contribution in [0.25, 0.3) is 0 Å². The third-order valence-electron chi connectivity index (χ3n) is 5.80. The molecule has 0 fully saturated rings. The number of carbonyl (C=O) groups excluding carboxylic acids is 2. The zero-order valence-electron chi connectivity index (χ0n) is 21.5. The van der Waals surface area contributed by atoms with E-state index in [0.717, 1.165) is 16.7 Å². The third-order valence-corrected chi connectivity index (χ3v) is 5.80. The summed E-state index contributed by atoms with van der Waals surface area (Å²) in [4.78, 5) is 26.1. The molecule has 0 radical (unpaired) electrons. The number of hydrogen-bond donors (Lipinski definition) is 3. The molecule has 0 aliphatic rings. The van der Waals surface area contributed by atoms with Crippen molar-refractivity contribution in [3.63, 3.8) is 0 Å². The molecule has 36 heavy (non-hydrogen) atoms. The molecule has 3 aromatic carbocycles. The first-order valence-electron chi connectivity index (χ1n) is 12.3. The van der Waals surface area contributed by atoms with Gasteiger partial charge in [0.05, 0.1) is 12.1 Å². The molecule has 0 bridgehead atoms. The van der Waals surface area contributed by atoms with Gasteiger partial charge in [0.25, 0.3) is 5.91 Å². The molecule has 6 heteroatoms. The first-order valence-corrected chi connectivity index (χ1v) is 12.3. The topological polar surface area (TPSA) is 87.7 Å². The van der Waals surface area contributed by atoms with Crippen molar-refractivity contribution in [2.45, 2.75) is 64.8 Å². The highest BCUT2D eigenvalue weighted by Crippen LogP contribution is 2.27. The number of carbonyl (C=O) groups is 2. The molecule has 3 N–H and O–H groups in total. The van der Waals surface area contributed by atoms with Crippen molar-refractivity contribution in [1.29, 1.82) is 0 Å². The second kappa shape index (κ2) is 12.4. The Bertz CT molecular complexity index is 1140. The van der Waals surface area contributed by atoms with Gasteiger partial charge in [-0.3, -0.25) is 4.79 Å². The molecule has 0 aliphatic heterocycles. The van der Waals surface area contributed by atoms with Gasteiger partial charge in [0.1, 0.15) is 6.61 Å². The molecule has 2 amide bonds. The molecule has 190 valence electrons. The van der Waals surface area contributed by atoms with Crippen LogP contribution in [-0.4, -0.2) is 28.7 Å². The fourth-order valence-electron chi connectivity index (χ4n) is 4.06. The highest BCUT2D eigenvalue weighted by molar-refractivity contribution is 5.97. The van der Waals surface area contributed by atoms with Crippen molar-refractivity contribution in [2.75, 3.05) is 0 Å². The molecule has 0 heterocycles. The van der Waals surface area contributed by atoms with E-state index in [4.69, 9.17) is 4.74 Å². The van der Waals surface area contributed by atoms with Crippen LogP contribution >= 0.6 is 0 Å². The van der Waals surface area contributed by atoms with Crippen LogP contribution in [0.2, 0.25) is 0 Å². The molecule has 0 aromatic heterocycles. The minimum Gasteiger partial charge on any atom is -0.445 e. The summed E-state index contributed by atoms with van der Waals surface area (Å²) in [7, 11) is 0. The molecule has 0 spiro atoms. The first-order chi connectivity index (χ1) is 17.1. The average molecular weight is 489 g/mol. The number of ether oxygens (including phenoxy) is 1. The predicted octanol–water partition coefficient (Wildman–Crippen LogP) is 5.48. The van der Waals surface area contributed by atoms with Crippen molar-refractivity contribution in [3.8, 4) is 0 Å². The Balaban J connectivity index is 1.87. The van der Waals surface area contributed by atoms with Gasteiger partial charge in [-0.2, -0.15) is 0 Å². The lowest BCUT2D eigenvalue weighted by Gasteiger charge is -2.28. The van der Waals surface area contributed by atoms with E-state index < -0.39 is 23.8 Å².